The molecule has 1 saturated carbocycles. The van der Waals surface area contributed by atoms with Crippen LogP contribution in [0.3, 0.4) is 0 Å². The van der Waals surface area contributed by atoms with Crippen molar-refractivity contribution in [1.82, 2.24) is 15.5 Å². The molecule has 0 aromatic heterocycles. The summed E-state index contributed by atoms with van der Waals surface area (Å²) in [5.41, 5.74) is 0. The van der Waals surface area contributed by atoms with Crippen LogP contribution in [0.1, 0.15) is 39.0 Å². The Bertz CT molecular complexity index is 317. The second-order valence-electron chi connectivity index (χ2n) is 5.27. The molecule has 1 heterocycles. The van der Waals surface area contributed by atoms with Crippen LogP contribution in [0.4, 0.5) is 0 Å². The lowest BCUT2D eigenvalue weighted by atomic mass is 9.93. The van der Waals surface area contributed by atoms with Crippen molar-refractivity contribution in [2.45, 2.75) is 51.1 Å². The summed E-state index contributed by atoms with van der Waals surface area (Å²) in [5.74, 6) is 1.10. The highest BCUT2D eigenvalue weighted by molar-refractivity contribution is 5.80. The molecule has 1 saturated heterocycles. The zero-order chi connectivity index (χ0) is 13.0. The minimum absolute atomic E-state index is 0.186. The van der Waals surface area contributed by atoms with E-state index in [1.54, 1.807) is 6.92 Å². The van der Waals surface area contributed by atoms with Crippen LogP contribution in [0, 0.1) is 0 Å². The van der Waals surface area contributed by atoms with Gasteiger partial charge in [0.05, 0.1) is 0 Å². The molecule has 0 bridgehead atoms. The van der Waals surface area contributed by atoms with Gasteiger partial charge >= 0.3 is 0 Å². The van der Waals surface area contributed by atoms with Crippen molar-refractivity contribution in [3.8, 4) is 0 Å². The molecule has 0 aromatic rings. The van der Waals surface area contributed by atoms with Gasteiger partial charge in [-0.15, -0.1) is 0 Å². The fourth-order valence-electron chi connectivity index (χ4n) is 2.45. The first-order valence-corrected chi connectivity index (χ1v) is 6.94. The van der Waals surface area contributed by atoms with E-state index >= 15 is 0 Å². The standard InChI is InChI=1S/C13H24N4O/c1-10(18)17-8-6-12(7-9-17)16-13(14-2)15-11-4-3-5-11/h11-12H,3-9H2,1-2H3,(H2,14,15,16). The maximum Gasteiger partial charge on any atom is 0.219 e. The molecule has 0 atom stereocenters. The monoisotopic (exact) mass is 252 g/mol. The van der Waals surface area contributed by atoms with Gasteiger partial charge in [0.1, 0.15) is 0 Å². The molecule has 18 heavy (non-hydrogen) atoms. The number of hydrogen-bond donors (Lipinski definition) is 2. The zero-order valence-corrected chi connectivity index (χ0v) is 11.4. The number of hydrogen-bond acceptors (Lipinski definition) is 2. The molecule has 2 fully saturated rings. The van der Waals surface area contributed by atoms with Crippen molar-refractivity contribution >= 4 is 11.9 Å². The van der Waals surface area contributed by atoms with E-state index < -0.39 is 0 Å². The summed E-state index contributed by atoms with van der Waals surface area (Å²) in [6.45, 7) is 3.35. The molecule has 5 nitrogen and oxygen atoms in total. The van der Waals surface area contributed by atoms with E-state index in [1.165, 1.54) is 19.3 Å². The summed E-state index contributed by atoms with van der Waals surface area (Å²) in [4.78, 5) is 17.4. The first kappa shape index (κ1) is 13.2. The van der Waals surface area contributed by atoms with Crippen molar-refractivity contribution in [3.05, 3.63) is 0 Å². The quantitative estimate of drug-likeness (QED) is 0.562. The minimum Gasteiger partial charge on any atom is -0.354 e. The van der Waals surface area contributed by atoms with Crippen LogP contribution in [0.5, 0.6) is 0 Å². The first-order valence-electron chi connectivity index (χ1n) is 6.94. The topological polar surface area (TPSA) is 56.7 Å². The van der Waals surface area contributed by atoms with Gasteiger partial charge in [-0.3, -0.25) is 9.79 Å². The number of likely N-dealkylation sites (tertiary alicyclic amines) is 1. The predicted molar refractivity (Wildman–Crippen MR) is 72.5 cm³/mol. The summed E-state index contributed by atoms with van der Waals surface area (Å²) in [6.07, 6.45) is 5.84. The summed E-state index contributed by atoms with van der Waals surface area (Å²) < 4.78 is 0. The van der Waals surface area contributed by atoms with Gasteiger partial charge in [0, 0.05) is 39.1 Å². The van der Waals surface area contributed by atoms with Crippen LogP contribution in [0.25, 0.3) is 0 Å². The van der Waals surface area contributed by atoms with Crippen LogP contribution in [0.2, 0.25) is 0 Å². The van der Waals surface area contributed by atoms with Crippen LogP contribution in [0.15, 0.2) is 4.99 Å². The number of nitrogens with zero attached hydrogens (tertiary/aromatic N) is 2. The number of amides is 1. The van der Waals surface area contributed by atoms with Crippen molar-refractivity contribution in [3.63, 3.8) is 0 Å². The molecule has 0 unspecified atom stereocenters. The second-order valence-corrected chi connectivity index (χ2v) is 5.27. The van der Waals surface area contributed by atoms with Crippen molar-refractivity contribution in [1.29, 1.82) is 0 Å². The molecular weight excluding hydrogens is 228 g/mol. The van der Waals surface area contributed by atoms with E-state index in [4.69, 9.17) is 0 Å². The predicted octanol–water partition coefficient (Wildman–Crippen LogP) is 0.715. The lowest BCUT2D eigenvalue weighted by molar-refractivity contribution is -0.129. The third kappa shape index (κ3) is 3.37. The van der Waals surface area contributed by atoms with E-state index in [0.717, 1.165) is 31.9 Å². The van der Waals surface area contributed by atoms with E-state index in [0.29, 0.717) is 12.1 Å². The zero-order valence-electron chi connectivity index (χ0n) is 11.4. The summed E-state index contributed by atoms with van der Waals surface area (Å²) in [6, 6.07) is 1.04. The van der Waals surface area contributed by atoms with Gasteiger partial charge in [0.25, 0.3) is 0 Å². The lowest BCUT2D eigenvalue weighted by Gasteiger charge is -2.34. The number of aliphatic imine (C=N–C) groups is 1. The molecule has 1 aliphatic heterocycles. The Morgan fingerprint density at radius 3 is 2.06 bits per heavy atom. The average Bonchev–Trinajstić information content (AvgIpc) is 2.32. The van der Waals surface area contributed by atoms with Crippen LogP contribution < -0.4 is 10.6 Å². The molecular formula is C13H24N4O. The fraction of sp³-hybridized carbons (Fsp3) is 0.846. The second kappa shape index (κ2) is 6.07. The van der Waals surface area contributed by atoms with Gasteiger partial charge in [0.15, 0.2) is 5.96 Å². The third-order valence-electron chi connectivity index (χ3n) is 3.95. The molecule has 1 aliphatic carbocycles. The Labute approximate surface area is 109 Å². The number of nitrogens with one attached hydrogen (secondary N) is 2. The maximum atomic E-state index is 11.2. The highest BCUT2D eigenvalue weighted by Crippen LogP contribution is 2.18. The molecule has 102 valence electrons. The van der Waals surface area contributed by atoms with Gasteiger partial charge in [-0.05, 0) is 32.1 Å². The maximum absolute atomic E-state index is 11.2. The number of carbonyl (C=O) groups is 1. The first-order chi connectivity index (χ1) is 8.69. The summed E-state index contributed by atoms with van der Waals surface area (Å²) in [7, 11) is 1.82. The highest BCUT2D eigenvalue weighted by atomic mass is 16.2. The lowest BCUT2D eigenvalue weighted by Crippen LogP contribution is -2.52. The van der Waals surface area contributed by atoms with Crippen LogP contribution in [-0.4, -0.2) is 49.0 Å². The van der Waals surface area contributed by atoms with E-state index in [1.807, 2.05) is 11.9 Å². The Morgan fingerprint density at radius 1 is 1.11 bits per heavy atom. The molecule has 2 N–H and O–H groups in total. The van der Waals surface area contributed by atoms with Crippen molar-refractivity contribution in [2.24, 2.45) is 4.99 Å². The number of carbonyl (C=O) groups excluding carboxylic acids is 1. The Kier molecular flexibility index (Phi) is 4.44. The molecule has 0 radical (unpaired) electrons. The summed E-state index contributed by atoms with van der Waals surface area (Å²) >= 11 is 0. The minimum atomic E-state index is 0.186. The largest absolute Gasteiger partial charge is 0.354 e. The van der Waals surface area contributed by atoms with E-state index in [2.05, 4.69) is 15.6 Å². The number of rotatable bonds is 2. The average molecular weight is 252 g/mol. The molecule has 2 aliphatic rings. The van der Waals surface area contributed by atoms with Crippen molar-refractivity contribution < 1.29 is 4.79 Å². The van der Waals surface area contributed by atoms with Gasteiger partial charge in [-0.2, -0.15) is 0 Å². The van der Waals surface area contributed by atoms with Gasteiger partial charge in [-0.1, -0.05) is 0 Å². The molecule has 2 rings (SSSR count). The van der Waals surface area contributed by atoms with Crippen LogP contribution >= 0.6 is 0 Å². The molecule has 5 heteroatoms. The van der Waals surface area contributed by atoms with Gasteiger partial charge in [-0.25, -0.2) is 0 Å². The van der Waals surface area contributed by atoms with Crippen LogP contribution in [-0.2, 0) is 4.79 Å². The van der Waals surface area contributed by atoms with Crippen molar-refractivity contribution in [2.75, 3.05) is 20.1 Å². The Hall–Kier alpha value is -1.26. The molecule has 0 spiro atoms. The molecule has 1 amide bonds. The number of guanidine groups is 1. The smallest absolute Gasteiger partial charge is 0.219 e. The van der Waals surface area contributed by atoms with E-state index in [-0.39, 0.29) is 5.91 Å². The fourth-order valence-corrected chi connectivity index (χ4v) is 2.45. The van der Waals surface area contributed by atoms with Gasteiger partial charge < -0.3 is 15.5 Å². The Balaban J connectivity index is 1.73. The highest BCUT2D eigenvalue weighted by Gasteiger charge is 2.23. The normalized spacial score (nSPS) is 22.6. The Morgan fingerprint density at radius 2 is 1.67 bits per heavy atom. The SMILES string of the molecule is CN=C(NC1CCC1)NC1CCN(C(C)=O)CC1. The third-order valence-corrected chi connectivity index (χ3v) is 3.95. The van der Waals surface area contributed by atoms with Gasteiger partial charge in [0.2, 0.25) is 5.91 Å². The molecule has 0 aromatic carbocycles. The van der Waals surface area contributed by atoms with E-state index in [9.17, 15) is 4.79 Å². The summed E-state index contributed by atoms with van der Waals surface area (Å²) in [5, 5.41) is 6.91. The number of piperidine rings is 1.